The van der Waals surface area contributed by atoms with Crippen molar-refractivity contribution in [2.45, 2.75) is 20.5 Å². The number of aromatic nitrogens is 1. The molecule has 8 heteroatoms. The average molecular weight is 381 g/mol. The highest BCUT2D eigenvalue weighted by Gasteiger charge is 2.11. The molecular formula is C20H19N3O5. The van der Waals surface area contributed by atoms with Crippen LogP contribution in [0.15, 0.2) is 53.1 Å². The standard InChI is InChI=1S/C20H19N3O5/c1-12-18(13(2)28-23-12)11-27-17-8-6-14(7-9-17)19(25)21-22-20(26)15-4-3-5-16(24)10-15/h3-10,24H,11H2,1-2H3,(H,21,25)(H,22,26). The summed E-state index contributed by atoms with van der Waals surface area (Å²) in [4.78, 5) is 24.1. The number of hydrogen-bond donors (Lipinski definition) is 3. The van der Waals surface area contributed by atoms with Crippen LogP contribution in [0.25, 0.3) is 0 Å². The Balaban J connectivity index is 1.54. The molecule has 8 nitrogen and oxygen atoms in total. The summed E-state index contributed by atoms with van der Waals surface area (Å²) in [5, 5.41) is 13.3. The number of aryl methyl sites for hydroxylation is 2. The number of carbonyl (C=O) groups is 2. The number of phenols is 1. The van der Waals surface area contributed by atoms with E-state index in [2.05, 4.69) is 16.0 Å². The molecule has 2 amide bonds. The minimum Gasteiger partial charge on any atom is -0.508 e. The average Bonchev–Trinajstić information content (AvgIpc) is 3.02. The van der Waals surface area contributed by atoms with Gasteiger partial charge in [0.15, 0.2) is 0 Å². The Morgan fingerprint density at radius 3 is 2.32 bits per heavy atom. The van der Waals surface area contributed by atoms with Gasteiger partial charge in [-0.3, -0.25) is 20.4 Å². The molecule has 0 saturated heterocycles. The first kappa shape index (κ1) is 19.0. The summed E-state index contributed by atoms with van der Waals surface area (Å²) in [6.45, 7) is 3.97. The van der Waals surface area contributed by atoms with Gasteiger partial charge in [-0.1, -0.05) is 11.2 Å². The van der Waals surface area contributed by atoms with Crippen molar-refractivity contribution in [3.8, 4) is 11.5 Å². The van der Waals surface area contributed by atoms with Crippen molar-refractivity contribution in [2.75, 3.05) is 0 Å². The summed E-state index contributed by atoms with van der Waals surface area (Å²) in [6.07, 6.45) is 0. The second-order valence-electron chi connectivity index (χ2n) is 6.07. The van der Waals surface area contributed by atoms with Gasteiger partial charge in [-0.05, 0) is 56.3 Å². The van der Waals surface area contributed by atoms with E-state index in [0.717, 1.165) is 11.3 Å². The number of nitrogens with zero attached hydrogens (tertiary/aromatic N) is 1. The van der Waals surface area contributed by atoms with Gasteiger partial charge in [-0.25, -0.2) is 0 Å². The van der Waals surface area contributed by atoms with Crippen molar-refractivity contribution in [1.82, 2.24) is 16.0 Å². The van der Waals surface area contributed by atoms with Crippen LogP contribution < -0.4 is 15.6 Å². The molecule has 0 spiro atoms. The molecule has 0 saturated carbocycles. The SMILES string of the molecule is Cc1noc(C)c1COc1ccc(C(=O)NNC(=O)c2cccc(O)c2)cc1. The summed E-state index contributed by atoms with van der Waals surface area (Å²) < 4.78 is 10.8. The molecule has 0 atom stereocenters. The molecule has 28 heavy (non-hydrogen) atoms. The van der Waals surface area contributed by atoms with Crippen molar-refractivity contribution in [1.29, 1.82) is 0 Å². The highest BCUT2D eigenvalue weighted by atomic mass is 16.5. The molecule has 1 aromatic heterocycles. The lowest BCUT2D eigenvalue weighted by atomic mass is 10.2. The van der Waals surface area contributed by atoms with Crippen LogP contribution >= 0.6 is 0 Å². The number of hydrogen-bond acceptors (Lipinski definition) is 6. The van der Waals surface area contributed by atoms with Gasteiger partial charge >= 0.3 is 0 Å². The summed E-state index contributed by atoms with van der Waals surface area (Å²) in [7, 11) is 0. The number of amides is 2. The van der Waals surface area contributed by atoms with Crippen molar-refractivity contribution >= 4 is 11.8 Å². The second kappa shape index (κ2) is 8.26. The Morgan fingerprint density at radius 1 is 1.04 bits per heavy atom. The molecular weight excluding hydrogens is 362 g/mol. The monoisotopic (exact) mass is 381 g/mol. The van der Waals surface area contributed by atoms with Crippen LogP contribution in [0.2, 0.25) is 0 Å². The number of benzene rings is 2. The van der Waals surface area contributed by atoms with E-state index in [1.165, 1.54) is 24.3 Å². The topological polar surface area (TPSA) is 114 Å². The number of rotatable bonds is 5. The quantitative estimate of drug-likeness (QED) is 0.586. The van der Waals surface area contributed by atoms with Crippen LogP contribution in [0.4, 0.5) is 0 Å². The normalized spacial score (nSPS) is 10.4. The van der Waals surface area contributed by atoms with E-state index in [1.807, 2.05) is 13.8 Å². The predicted octanol–water partition coefficient (Wildman–Crippen LogP) is 2.65. The third-order valence-electron chi connectivity index (χ3n) is 4.08. The molecule has 1 heterocycles. The van der Waals surface area contributed by atoms with E-state index in [1.54, 1.807) is 24.3 Å². The Hall–Kier alpha value is -3.81. The Morgan fingerprint density at radius 2 is 1.71 bits per heavy atom. The van der Waals surface area contributed by atoms with E-state index in [0.29, 0.717) is 23.7 Å². The smallest absolute Gasteiger partial charge is 0.269 e. The predicted molar refractivity (Wildman–Crippen MR) is 99.8 cm³/mol. The highest BCUT2D eigenvalue weighted by molar-refractivity contribution is 5.99. The van der Waals surface area contributed by atoms with Crippen molar-refractivity contribution in [2.24, 2.45) is 0 Å². The van der Waals surface area contributed by atoms with Gasteiger partial charge in [-0.15, -0.1) is 0 Å². The van der Waals surface area contributed by atoms with Crippen molar-refractivity contribution in [3.05, 3.63) is 76.7 Å². The molecule has 0 unspecified atom stereocenters. The molecule has 0 fully saturated rings. The lowest BCUT2D eigenvalue weighted by Gasteiger charge is -2.09. The first-order valence-electron chi connectivity index (χ1n) is 8.48. The molecule has 3 aromatic rings. The minimum atomic E-state index is -0.538. The van der Waals surface area contributed by atoms with Crippen molar-refractivity contribution in [3.63, 3.8) is 0 Å². The number of hydrazine groups is 1. The largest absolute Gasteiger partial charge is 0.508 e. The van der Waals surface area contributed by atoms with Gasteiger partial charge in [0.1, 0.15) is 23.9 Å². The molecule has 3 rings (SSSR count). The molecule has 3 N–H and O–H groups in total. The molecule has 2 aromatic carbocycles. The van der Waals surface area contributed by atoms with E-state index < -0.39 is 11.8 Å². The van der Waals surface area contributed by atoms with Gasteiger partial charge < -0.3 is 14.4 Å². The van der Waals surface area contributed by atoms with E-state index in [9.17, 15) is 14.7 Å². The van der Waals surface area contributed by atoms with Crippen LogP contribution in [-0.4, -0.2) is 22.1 Å². The van der Waals surface area contributed by atoms with Crippen LogP contribution in [0.3, 0.4) is 0 Å². The molecule has 0 aliphatic heterocycles. The molecule has 144 valence electrons. The highest BCUT2D eigenvalue weighted by Crippen LogP contribution is 2.18. The number of nitrogens with one attached hydrogen (secondary N) is 2. The first-order chi connectivity index (χ1) is 13.4. The van der Waals surface area contributed by atoms with Gasteiger partial charge in [0.2, 0.25) is 0 Å². The number of ether oxygens (including phenoxy) is 1. The van der Waals surface area contributed by atoms with Gasteiger partial charge in [0.05, 0.1) is 11.3 Å². The zero-order valence-electron chi connectivity index (χ0n) is 15.4. The fourth-order valence-electron chi connectivity index (χ4n) is 2.47. The maximum Gasteiger partial charge on any atom is 0.269 e. The molecule has 0 bridgehead atoms. The lowest BCUT2D eigenvalue weighted by Crippen LogP contribution is -2.41. The number of aromatic hydroxyl groups is 1. The van der Waals surface area contributed by atoms with Crippen LogP contribution in [0, 0.1) is 13.8 Å². The third kappa shape index (κ3) is 4.47. The lowest BCUT2D eigenvalue weighted by molar-refractivity contribution is 0.0846. The summed E-state index contributed by atoms with van der Waals surface area (Å²) in [6, 6.07) is 12.3. The van der Waals surface area contributed by atoms with Crippen molar-refractivity contribution < 1.29 is 24.0 Å². The summed E-state index contributed by atoms with van der Waals surface area (Å²) >= 11 is 0. The first-order valence-corrected chi connectivity index (χ1v) is 8.48. The maximum atomic E-state index is 12.2. The van der Waals surface area contributed by atoms with Gasteiger partial charge in [-0.2, -0.15) is 0 Å². The fraction of sp³-hybridized carbons (Fsp3) is 0.150. The Labute approximate surface area is 161 Å². The van der Waals surface area contributed by atoms with Gasteiger partial charge in [0.25, 0.3) is 11.8 Å². The van der Waals surface area contributed by atoms with Crippen LogP contribution in [0.1, 0.15) is 37.7 Å². The molecule has 0 aliphatic rings. The Bertz CT molecular complexity index is 976. The molecule has 0 radical (unpaired) electrons. The third-order valence-corrected chi connectivity index (χ3v) is 4.08. The number of carbonyl (C=O) groups excluding carboxylic acids is 2. The summed E-state index contributed by atoms with van der Waals surface area (Å²) in [5.74, 6) is 0.233. The maximum absolute atomic E-state index is 12.2. The fourth-order valence-corrected chi connectivity index (χ4v) is 2.47. The van der Waals surface area contributed by atoms with E-state index in [-0.39, 0.29) is 11.3 Å². The minimum absolute atomic E-state index is 0.0360. The zero-order valence-corrected chi connectivity index (χ0v) is 15.4. The summed E-state index contributed by atoms with van der Waals surface area (Å²) in [5.41, 5.74) is 6.85. The zero-order chi connectivity index (χ0) is 20.1. The number of phenolic OH excluding ortho intramolecular Hbond substituents is 1. The second-order valence-corrected chi connectivity index (χ2v) is 6.07. The Kier molecular flexibility index (Phi) is 5.59. The van der Waals surface area contributed by atoms with Crippen LogP contribution in [0.5, 0.6) is 11.5 Å². The van der Waals surface area contributed by atoms with Crippen LogP contribution in [-0.2, 0) is 6.61 Å². The van der Waals surface area contributed by atoms with Gasteiger partial charge in [0, 0.05) is 11.1 Å². The van der Waals surface area contributed by atoms with E-state index >= 15 is 0 Å². The van der Waals surface area contributed by atoms with E-state index in [4.69, 9.17) is 9.26 Å². The molecule has 0 aliphatic carbocycles.